The van der Waals surface area contributed by atoms with Gasteiger partial charge in [0.25, 0.3) is 0 Å². The molecule has 0 aromatic carbocycles. The van der Waals surface area contributed by atoms with E-state index in [1.54, 1.807) is 0 Å². The number of nitrogens with one attached hydrogen (secondary N) is 1. The maximum absolute atomic E-state index is 5.87. The highest BCUT2D eigenvalue weighted by Gasteiger charge is 2.18. The van der Waals surface area contributed by atoms with Gasteiger partial charge in [0.2, 0.25) is 5.88 Å². The van der Waals surface area contributed by atoms with E-state index in [1.807, 2.05) is 25.2 Å². The Morgan fingerprint density at radius 3 is 2.81 bits per heavy atom. The highest BCUT2D eigenvalue weighted by atomic mass is 16.5. The molecule has 0 saturated carbocycles. The minimum Gasteiger partial charge on any atom is -0.474 e. The lowest BCUT2D eigenvalue weighted by atomic mass is 10.1. The van der Waals surface area contributed by atoms with Crippen molar-refractivity contribution in [3.8, 4) is 5.88 Å². The van der Waals surface area contributed by atoms with Gasteiger partial charge in [0.05, 0.1) is 0 Å². The smallest absolute Gasteiger partial charge is 0.215 e. The zero-order valence-corrected chi connectivity index (χ0v) is 9.94. The molecule has 0 atom stereocenters. The second kappa shape index (κ2) is 5.16. The fourth-order valence-corrected chi connectivity index (χ4v) is 1.89. The summed E-state index contributed by atoms with van der Waals surface area (Å²) in [6, 6.07) is 5.81. The van der Waals surface area contributed by atoms with E-state index in [4.69, 9.17) is 4.74 Å². The van der Waals surface area contributed by atoms with Crippen LogP contribution >= 0.6 is 0 Å². The monoisotopic (exact) mass is 221 g/mol. The van der Waals surface area contributed by atoms with E-state index < -0.39 is 0 Å². The number of aromatic nitrogens is 1. The molecular weight excluding hydrogens is 202 g/mol. The zero-order chi connectivity index (χ0) is 11.4. The third-order valence-electron chi connectivity index (χ3n) is 2.93. The van der Waals surface area contributed by atoms with Crippen LogP contribution in [0.3, 0.4) is 0 Å². The van der Waals surface area contributed by atoms with Gasteiger partial charge in [0, 0.05) is 26.2 Å². The number of hydrogen-bond acceptors (Lipinski definition) is 4. The number of ether oxygens (including phenoxy) is 1. The van der Waals surface area contributed by atoms with Gasteiger partial charge in [-0.05, 0) is 26.0 Å². The lowest BCUT2D eigenvalue weighted by molar-refractivity contribution is 0.110. The maximum Gasteiger partial charge on any atom is 0.215 e. The van der Waals surface area contributed by atoms with Crippen molar-refractivity contribution in [1.29, 1.82) is 0 Å². The molecule has 2 heterocycles. The van der Waals surface area contributed by atoms with Gasteiger partial charge in [0.1, 0.15) is 11.9 Å². The lowest BCUT2D eigenvalue weighted by Gasteiger charge is -2.28. The van der Waals surface area contributed by atoms with E-state index >= 15 is 0 Å². The van der Waals surface area contributed by atoms with Gasteiger partial charge in [-0.25, -0.2) is 0 Å². The molecule has 2 rings (SSSR count). The number of hydrogen-bond donors (Lipinski definition) is 1. The van der Waals surface area contributed by atoms with Gasteiger partial charge in [-0.15, -0.1) is 0 Å². The summed E-state index contributed by atoms with van der Waals surface area (Å²) in [6.45, 7) is 2.22. The summed E-state index contributed by atoms with van der Waals surface area (Å²) in [5, 5.41) is 3.01. The average Bonchev–Trinajstić information content (AvgIpc) is 2.32. The molecule has 1 aliphatic heterocycles. The molecule has 1 aromatic rings. The molecule has 0 amide bonds. The minimum absolute atomic E-state index is 0.316. The standard InChI is InChI=1S/C12H19N3O/c1-13-11-4-3-5-12(14-11)16-10-6-8-15(2)9-7-10/h3-5,10H,6-9H2,1-2H3,(H,13,14). The van der Waals surface area contributed by atoms with E-state index in [1.165, 1.54) is 0 Å². The Labute approximate surface area is 96.6 Å². The van der Waals surface area contributed by atoms with Gasteiger partial charge < -0.3 is 15.0 Å². The Hall–Kier alpha value is -1.29. The quantitative estimate of drug-likeness (QED) is 0.841. The van der Waals surface area contributed by atoms with E-state index in [0.29, 0.717) is 6.10 Å². The first kappa shape index (κ1) is 11.2. The predicted octanol–water partition coefficient (Wildman–Crippen LogP) is 1.60. The van der Waals surface area contributed by atoms with Crippen LogP contribution in [0, 0.1) is 0 Å². The highest BCUT2D eigenvalue weighted by molar-refractivity contribution is 5.36. The number of likely N-dealkylation sites (tertiary alicyclic amines) is 1. The van der Waals surface area contributed by atoms with Crippen LogP contribution in [-0.2, 0) is 0 Å². The summed E-state index contributed by atoms with van der Waals surface area (Å²) in [4.78, 5) is 6.69. The average molecular weight is 221 g/mol. The molecule has 1 aromatic heterocycles. The minimum atomic E-state index is 0.316. The Balaban J connectivity index is 1.93. The van der Waals surface area contributed by atoms with Gasteiger partial charge in [-0.1, -0.05) is 6.07 Å². The zero-order valence-electron chi connectivity index (χ0n) is 9.94. The van der Waals surface area contributed by atoms with Crippen LogP contribution in [0.15, 0.2) is 18.2 Å². The Kier molecular flexibility index (Phi) is 3.62. The second-order valence-electron chi connectivity index (χ2n) is 4.23. The number of pyridine rings is 1. The molecule has 4 heteroatoms. The van der Waals surface area contributed by atoms with Crippen molar-refractivity contribution in [3.63, 3.8) is 0 Å². The molecule has 1 aliphatic rings. The third-order valence-corrected chi connectivity index (χ3v) is 2.93. The van der Waals surface area contributed by atoms with Crippen molar-refractivity contribution < 1.29 is 4.74 Å². The summed E-state index contributed by atoms with van der Waals surface area (Å²) < 4.78 is 5.87. The fraction of sp³-hybridized carbons (Fsp3) is 0.583. The van der Waals surface area contributed by atoms with Crippen LogP contribution in [0.2, 0.25) is 0 Å². The predicted molar refractivity (Wildman–Crippen MR) is 64.9 cm³/mol. The molecule has 1 saturated heterocycles. The number of nitrogens with zero attached hydrogens (tertiary/aromatic N) is 2. The molecule has 0 bridgehead atoms. The Bertz CT molecular complexity index is 335. The van der Waals surface area contributed by atoms with Crippen molar-refractivity contribution in [2.24, 2.45) is 0 Å². The Morgan fingerprint density at radius 2 is 2.12 bits per heavy atom. The SMILES string of the molecule is CNc1cccc(OC2CCN(C)CC2)n1. The molecule has 0 unspecified atom stereocenters. The molecular formula is C12H19N3O. The number of piperidine rings is 1. The lowest BCUT2D eigenvalue weighted by Crippen LogP contribution is -2.35. The molecule has 0 radical (unpaired) electrons. The first-order valence-corrected chi connectivity index (χ1v) is 5.78. The van der Waals surface area contributed by atoms with E-state index in [2.05, 4.69) is 22.2 Å². The van der Waals surface area contributed by atoms with Gasteiger partial charge in [-0.2, -0.15) is 4.98 Å². The Morgan fingerprint density at radius 1 is 1.38 bits per heavy atom. The summed E-state index contributed by atoms with van der Waals surface area (Å²) in [6.07, 6.45) is 2.49. The largest absolute Gasteiger partial charge is 0.474 e. The third kappa shape index (κ3) is 2.85. The van der Waals surface area contributed by atoms with Crippen LogP contribution in [-0.4, -0.2) is 43.2 Å². The van der Waals surface area contributed by atoms with Gasteiger partial charge in [0.15, 0.2) is 0 Å². The van der Waals surface area contributed by atoms with Crippen molar-refractivity contribution in [2.75, 3.05) is 32.5 Å². The molecule has 1 N–H and O–H groups in total. The molecule has 88 valence electrons. The molecule has 0 aliphatic carbocycles. The highest BCUT2D eigenvalue weighted by Crippen LogP contribution is 2.17. The van der Waals surface area contributed by atoms with Crippen molar-refractivity contribution >= 4 is 5.82 Å². The number of rotatable bonds is 3. The first-order valence-electron chi connectivity index (χ1n) is 5.78. The van der Waals surface area contributed by atoms with Crippen molar-refractivity contribution in [2.45, 2.75) is 18.9 Å². The number of anilines is 1. The molecule has 0 spiro atoms. The van der Waals surface area contributed by atoms with Crippen molar-refractivity contribution in [1.82, 2.24) is 9.88 Å². The fourth-order valence-electron chi connectivity index (χ4n) is 1.89. The molecule has 4 nitrogen and oxygen atoms in total. The van der Waals surface area contributed by atoms with Crippen LogP contribution in [0.1, 0.15) is 12.8 Å². The van der Waals surface area contributed by atoms with Gasteiger partial charge in [-0.3, -0.25) is 0 Å². The second-order valence-corrected chi connectivity index (χ2v) is 4.23. The van der Waals surface area contributed by atoms with Crippen LogP contribution in [0.4, 0.5) is 5.82 Å². The normalized spacial score (nSPS) is 18.4. The van der Waals surface area contributed by atoms with E-state index in [9.17, 15) is 0 Å². The molecule has 1 fully saturated rings. The maximum atomic E-state index is 5.87. The van der Waals surface area contributed by atoms with E-state index in [0.717, 1.165) is 37.6 Å². The van der Waals surface area contributed by atoms with Crippen LogP contribution < -0.4 is 10.1 Å². The summed E-state index contributed by atoms with van der Waals surface area (Å²) in [5.41, 5.74) is 0. The summed E-state index contributed by atoms with van der Waals surface area (Å²) in [5.74, 6) is 1.58. The van der Waals surface area contributed by atoms with Gasteiger partial charge >= 0.3 is 0 Å². The van der Waals surface area contributed by atoms with Crippen LogP contribution in [0.25, 0.3) is 0 Å². The first-order chi connectivity index (χ1) is 7.78. The van der Waals surface area contributed by atoms with Crippen molar-refractivity contribution in [3.05, 3.63) is 18.2 Å². The molecule has 16 heavy (non-hydrogen) atoms. The van der Waals surface area contributed by atoms with E-state index in [-0.39, 0.29) is 0 Å². The summed E-state index contributed by atoms with van der Waals surface area (Å²) >= 11 is 0. The summed E-state index contributed by atoms with van der Waals surface area (Å²) in [7, 11) is 4.01. The topological polar surface area (TPSA) is 37.4 Å². The van der Waals surface area contributed by atoms with Crippen LogP contribution in [0.5, 0.6) is 5.88 Å².